The Labute approximate surface area is 83.7 Å². The summed E-state index contributed by atoms with van der Waals surface area (Å²) in [5.41, 5.74) is 1.20. The largest absolute Gasteiger partial charge is 0.374 e. The van der Waals surface area contributed by atoms with E-state index in [-0.39, 0.29) is 0 Å². The molecule has 0 aromatic heterocycles. The lowest BCUT2D eigenvalue weighted by atomic mass is 9.96. The maximum Gasteiger partial charge on any atom is 0.0720 e. The second-order valence-corrected chi connectivity index (χ2v) is 3.93. The Kier molecular flexibility index (Phi) is 2.87. The Morgan fingerprint density at radius 3 is 2.46 bits per heavy atom. The Bertz CT molecular complexity index is 264. The van der Waals surface area contributed by atoms with E-state index in [0.717, 1.165) is 11.6 Å². The van der Waals surface area contributed by atoms with Gasteiger partial charge < -0.3 is 4.74 Å². The summed E-state index contributed by atoms with van der Waals surface area (Å²) in [6.45, 7) is 0.724. The van der Waals surface area contributed by atoms with E-state index < -0.39 is 0 Å². The van der Waals surface area contributed by atoms with Gasteiger partial charge in [-0.05, 0) is 37.0 Å². The predicted molar refractivity (Wildman–Crippen MR) is 53.9 cm³/mol. The summed E-state index contributed by atoms with van der Waals surface area (Å²) in [6.07, 6.45) is 4.29. The van der Waals surface area contributed by atoms with Crippen LogP contribution in [-0.2, 0) is 11.3 Å². The summed E-state index contributed by atoms with van der Waals surface area (Å²) >= 11 is 5.77. The molecule has 0 bridgehead atoms. The summed E-state index contributed by atoms with van der Waals surface area (Å²) in [4.78, 5) is 0. The fraction of sp³-hybridized carbons (Fsp3) is 0.455. The molecule has 0 aliphatic heterocycles. The highest BCUT2D eigenvalue weighted by atomic mass is 35.5. The molecule has 0 saturated heterocycles. The van der Waals surface area contributed by atoms with E-state index in [2.05, 4.69) is 0 Å². The molecule has 1 saturated carbocycles. The van der Waals surface area contributed by atoms with Crippen LogP contribution >= 0.6 is 11.6 Å². The van der Waals surface area contributed by atoms with E-state index in [0.29, 0.717) is 6.10 Å². The topological polar surface area (TPSA) is 9.23 Å². The van der Waals surface area contributed by atoms with Crippen LogP contribution in [0.2, 0.25) is 5.02 Å². The summed E-state index contributed by atoms with van der Waals surface area (Å²) in [7, 11) is 0. The van der Waals surface area contributed by atoms with Crippen LogP contribution in [0.3, 0.4) is 0 Å². The summed E-state index contributed by atoms with van der Waals surface area (Å²) in [6, 6.07) is 7.84. The first kappa shape index (κ1) is 9.04. The van der Waals surface area contributed by atoms with Crippen molar-refractivity contribution < 1.29 is 4.74 Å². The van der Waals surface area contributed by atoms with Crippen molar-refractivity contribution in [1.29, 1.82) is 0 Å². The highest BCUT2D eigenvalue weighted by Crippen LogP contribution is 2.23. The SMILES string of the molecule is Clc1ccc(COC2CCC2)cc1. The molecule has 1 fully saturated rings. The van der Waals surface area contributed by atoms with Crippen molar-refractivity contribution in [3.63, 3.8) is 0 Å². The zero-order valence-corrected chi connectivity index (χ0v) is 8.26. The molecule has 0 atom stereocenters. The minimum atomic E-state index is 0.510. The van der Waals surface area contributed by atoms with Gasteiger partial charge in [0.05, 0.1) is 12.7 Å². The van der Waals surface area contributed by atoms with Gasteiger partial charge in [0.25, 0.3) is 0 Å². The van der Waals surface area contributed by atoms with E-state index in [1.807, 2.05) is 24.3 Å². The molecular formula is C11H13ClO. The van der Waals surface area contributed by atoms with Crippen molar-refractivity contribution in [2.75, 3.05) is 0 Å². The lowest BCUT2D eigenvalue weighted by Gasteiger charge is -2.25. The Balaban J connectivity index is 1.83. The van der Waals surface area contributed by atoms with Crippen LogP contribution in [0.5, 0.6) is 0 Å². The van der Waals surface area contributed by atoms with Crippen molar-refractivity contribution in [2.24, 2.45) is 0 Å². The van der Waals surface area contributed by atoms with Crippen molar-refractivity contribution >= 4 is 11.6 Å². The van der Waals surface area contributed by atoms with Gasteiger partial charge in [0.15, 0.2) is 0 Å². The molecule has 0 spiro atoms. The van der Waals surface area contributed by atoms with Gasteiger partial charge in [-0.25, -0.2) is 0 Å². The van der Waals surface area contributed by atoms with Gasteiger partial charge in [-0.3, -0.25) is 0 Å². The molecule has 0 amide bonds. The molecule has 2 heteroatoms. The van der Waals surface area contributed by atoms with E-state index in [4.69, 9.17) is 16.3 Å². The monoisotopic (exact) mass is 196 g/mol. The molecule has 70 valence electrons. The van der Waals surface area contributed by atoms with Crippen LogP contribution in [0.4, 0.5) is 0 Å². The third-order valence-corrected chi connectivity index (χ3v) is 2.70. The third-order valence-electron chi connectivity index (χ3n) is 2.45. The number of hydrogen-bond acceptors (Lipinski definition) is 1. The summed E-state index contributed by atoms with van der Waals surface area (Å²) in [5.74, 6) is 0. The van der Waals surface area contributed by atoms with Gasteiger partial charge in [0, 0.05) is 5.02 Å². The molecule has 2 rings (SSSR count). The molecule has 0 unspecified atom stereocenters. The van der Waals surface area contributed by atoms with Gasteiger partial charge in [0.2, 0.25) is 0 Å². The van der Waals surface area contributed by atoms with Crippen molar-refractivity contribution in [2.45, 2.75) is 32.0 Å². The van der Waals surface area contributed by atoms with Crippen LogP contribution in [0.15, 0.2) is 24.3 Å². The van der Waals surface area contributed by atoms with Crippen molar-refractivity contribution in [1.82, 2.24) is 0 Å². The molecular weight excluding hydrogens is 184 g/mol. The van der Waals surface area contributed by atoms with Gasteiger partial charge in [-0.15, -0.1) is 0 Å². The number of ether oxygens (including phenoxy) is 1. The van der Waals surface area contributed by atoms with Crippen LogP contribution in [0.25, 0.3) is 0 Å². The second kappa shape index (κ2) is 4.12. The third kappa shape index (κ3) is 2.45. The van der Waals surface area contributed by atoms with Gasteiger partial charge >= 0.3 is 0 Å². The normalized spacial score (nSPS) is 17.0. The van der Waals surface area contributed by atoms with E-state index >= 15 is 0 Å². The standard InChI is InChI=1S/C11H13ClO/c12-10-6-4-9(5-7-10)8-13-11-2-1-3-11/h4-7,11H,1-3,8H2. The Morgan fingerprint density at radius 2 is 1.92 bits per heavy atom. The Hall–Kier alpha value is -0.530. The maximum absolute atomic E-state index is 5.77. The molecule has 1 aromatic carbocycles. The molecule has 1 aliphatic rings. The zero-order chi connectivity index (χ0) is 9.10. The first-order chi connectivity index (χ1) is 6.34. The van der Waals surface area contributed by atoms with Crippen LogP contribution < -0.4 is 0 Å². The fourth-order valence-electron chi connectivity index (χ4n) is 1.33. The summed E-state index contributed by atoms with van der Waals surface area (Å²) in [5, 5.41) is 0.785. The average molecular weight is 197 g/mol. The van der Waals surface area contributed by atoms with Crippen molar-refractivity contribution in [3.05, 3.63) is 34.9 Å². The lowest BCUT2D eigenvalue weighted by molar-refractivity contribution is -0.00866. The number of hydrogen-bond donors (Lipinski definition) is 0. The van der Waals surface area contributed by atoms with E-state index in [1.165, 1.54) is 24.8 Å². The molecule has 0 radical (unpaired) electrons. The number of benzene rings is 1. The lowest BCUT2D eigenvalue weighted by Crippen LogP contribution is -2.21. The molecule has 0 heterocycles. The number of halogens is 1. The van der Waals surface area contributed by atoms with Crippen molar-refractivity contribution in [3.8, 4) is 0 Å². The Morgan fingerprint density at radius 1 is 1.23 bits per heavy atom. The second-order valence-electron chi connectivity index (χ2n) is 3.49. The van der Waals surface area contributed by atoms with Crippen LogP contribution in [-0.4, -0.2) is 6.10 Å². The van der Waals surface area contributed by atoms with Crippen LogP contribution in [0.1, 0.15) is 24.8 Å². The van der Waals surface area contributed by atoms with E-state index in [9.17, 15) is 0 Å². The summed E-state index contributed by atoms with van der Waals surface area (Å²) < 4.78 is 5.66. The van der Waals surface area contributed by atoms with Gasteiger partial charge in [-0.1, -0.05) is 23.7 Å². The first-order valence-corrected chi connectivity index (χ1v) is 5.08. The molecule has 1 aromatic rings. The minimum Gasteiger partial charge on any atom is -0.374 e. The fourth-order valence-corrected chi connectivity index (χ4v) is 1.46. The van der Waals surface area contributed by atoms with Gasteiger partial charge in [-0.2, -0.15) is 0 Å². The first-order valence-electron chi connectivity index (χ1n) is 4.70. The molecule has 0 N–H and O–H groups in total. The van der Waals surface area contributed by atoms with E-state index in [1.54, 1.807) is 0 Å². The zero-order valence-electron chi connectivity index (χ0n) is 7.50. The highest BCUT2D eigenvalue weighted by Gasteiger charge is 2.17. The molecule has 1 aliphatic carbocycles. The minimum absolute atomic E-state index is 0.510. The highest BCUT2D eigenvalue weighted by molar-refractivity contribution is 6.30. The molecule has 13 heavy (non-hydrogen) atoms. The smallest absolute Gasteiger partial charge is 0.0720 e. The number of rotatable bonds is 3. The predicted octanol–water partition coefficient (Wildman–Crippen LogP) is 3.41. The molecule has 1 nitrogen and oxygen atoms in total. The maximum atomic E-state index is 5.77. The van der Waals surface area contributed by atoms with Crippen LogP contribution in [0, 0.1) is 0 Å². The quantitative estimate of drug-likeness (QED) is 0.720. The average Bonchev–Trinajstić information content (AvgIpc) is 2.05. The van der Waals surface area contributed by atoms with Gasteiger partial charge in [0.1, 0.15) is 0 Å².